The minimum atomic E-state index is 0.0713. The molecule has 0 saturated carbocycles. The molecule has 17 heavy (non-hydrogen) atoms. The van der Waals surface area contributed by atoms with Crippen molar-refractivity contribution in [1.82, 2.24) is 20.0 Å². The molecule has 2 heterocycles. The third kappa shape index (κ3) is 2.83. The number of hydrogen-bond acceptors (Lipinski definition) is 3. The van der Waals surface area contributed by atoms with E-state index in [4.69, 9.17) is 0 Å². The highest BCUT2D eigenvalue weighted by molar-refractivity contribution is 5.78. The summed E-state index contributed by atoms with van der Waals surface area (Å²) in [6.45, 7) is 4.37. The van der Waals surface area contributed by atoms with Crippen LogP contribution >= 0.6 is 0 Å². The Balaban J connectivity index is 1.87. The minimum absolute atomic E-state index is 0.0713. The van der Waals surface area contributed by atoms with Gasteiger partial charge in [0.25, 0.3) is 0 Å². The molecule has 1 aliphatic heterocycles. The number of hydrogen-bond donors (Lipinski definition) is 1. The Kier molecular flexibility index (Phi) is 3.41. The molecule has 0 atom stereocenters. The molecule has 2 rings (SSSR count). The SMILES string of the molecule is Cc1cc(CC(=O)N2CCN(C=O)CC2)n[nH]1. The highest BCUT2D eigenvalue weighted by Gasteiger charge is 2.20. The lowest BCUT2D eigenvalue weighted by Gasteiger charge is -2.32. The number of piperazine rings is 1. The molecule has 0 bridgehead atoms. The summed E-state index contributed by atoms with van der Waals surface area (Å²) in [5.74, 6) is 0.0713. The average molecular weight is 236 g/mol. The molecule has 0 unspecified atom stereocenters. The van der Waals surface area contributed by atoms with Gasteiger partial charge in [-0.1, -0.05) is 0 Å². The molecule has 1 N–H and O–H groups in total. The van der Waals surface area contributed by atoms with Crippen LogP contribution in [0.2, 0.25) is 0 Å². The van der Waals surface area contributed by atoms with Gasteiger partial charge in [0.05, 0.1) is 12.1 Å². The van der Waals surface area contributed by atoms with E-state index < -0.39 is 0 Å². The van der Waals surface area contributed by atoms with Crippen molar-refractivity contribution in [3.63, 3.8) is 0 Å². The maximum Gasteiger partial charge on any atom is 0.228 e. The summed E-state index contributed by atoms with van der Waals surface area (Å²) in [5, 5.41) is 6.86. The molecule has 1 aliphatic rings. The van der Waals surface area contributed by atoms with E-state index >= 15 is 0 Å². The summed E-state index contributed by atoms with van der Waals surface area (Å²) < 4.78 is 0. The molecule has 1 aromatic heterocycles. The van der Waals surface area contributed by atoms with Crippen LogP contribution in [0.25, 0.3) is 0 Å². The summed E-state index contributed by atoms with van der Waals surface area (Å²) in [5.41, 5.74) is 1.73. The van der Waals surface area contributed by atoms with Gasteiger partial charge in [-0.25, -0.2) is 0 Å². The van der Waals surface area contributed by atoms with E-state index in [9.17, 15) is 9.59 Å². The normalized spacial score (nSPS) is 16.1. The quantitative estimate of drug-likeness (QED) is 0.723. The van der Waals surface area contributed by atoms with Crippen molar-refractivity contribution in [2.45, 2.75) is 13.3 Å². The molecular weight excluding hydrogens is 220 g/mol. The smallest absolute Gasteiger partial charge is 0.228 e. The van der Waals surface area contributed by atoms with E-state index in [1.165, 1.54) is 0 Å². The second kappa shape index (κ2) is 4.99. The topological polar surface area (TPSA) is 69.3 Å². The van der Waals surface area contributed by atoms with Gasteiger partial charge < -0.3 is 9.80 Å². The highest BCUT2D eigenvalue weighted by Crippen LogP contribution is 2.05. The fourth-order valence-electron chi connectivity index (χ4n) is 1.91. The van der Waals surface area contributed by atoms with E-state index in [1.54, 1.807) is 9.80 Å². The van der Waals surface area contributed by atoms with Crippen LogP contribution in [0.4, 0.5) is 0 Å². The van der Waals surface area contributed by atoms with E-state index in [2.05, 4.69) is 10.2 Å². The number of nitrogens with zero attached hydrogens (tertiary/aromatic N) is 3. The van der Waals surface area contributed by atoms with Crippen molar-refractivity contribution >= 4 is 12.3 Å². The zero-order valence-corrected chi connectivity index (χ0v) is 9.85. The van der Waals surface area contributed by atoms with Gasteiger partial charge in [0.15, 0.2) is 0 Å². The van der Waals surface area contributed by atoms with Crippen LogP contribution in [-0.2, 0) is 16.0 Å². The third-order valence-electron chi connectivity index (χ3n) is 2.91. The number of aryl methyl sites for hydroxylation is 1. The molecule has 6 nitrogen and oxygen atoms in total. The van der Waals surface area contributed by atoms with E-state index in [-0.39, 0.29) is 5.91 Å². The number of rotatable bonds is 3. The Hall–Kier alpha value is -1.85. The number of nitrogens with one attached hydrogen (secondary N) is 1. The highest BCUT2D eigenvalue weighted by atomic mass is 16.2. The molecule has 2 amide bonds. The van der Waals surface area contributed by atoms with Crippen LogP contribution in [0.5, 0.6) is 0 Å². The molecule has 0 radical (unpaired) electrons. The summed E-state index contributed by atoms with van der Waals surface area (Å²) in [4.78, 5) is 25.9. The summed E-state index contributed by atoms with van der Waals surface area (Å²) in [6.07, 6.45) is 1.16. The van der Waals surface area contributed by atoms with Gasteiger partial charge in [-0.3, -0.25) is 14.7 Å². The zero-order chi connectivity index (χ0) is 12.3. The largest absolute Gasteiger partial charge is 0.342 e. The van der Waals surface area contributed by atoms with Crippen LogP contribution in [0, 0.1) is 6.92 Å². The van der Waals surface area contributed by atoms with Crippen molar-refractivity contribution in [3.05, 3.63) is 17.5 Å². The van der Waals surface area contributed by atoms with Gasteiger partial charge in [-0.2, -0.15) is 5.10 Å². The maximum absolute atomic E-state index is 11.9. The number of H-pyrrole nitrogens is 1. The van der Waals surface area contributed by atoms with E-state index in [0.29, 0.717) is 32.6 Å². The number of carbonyl (C=O) groups is 2. The lowest BCUT2D eigenvalue weighted by molar-refractivity contribution is -0.134. The van der Waals surface area contributed by atoms with Crippen LogP contribution in [0.3, 0.4) is 0 Å². The minimum Gasteiger partial charge on any atom is -0.342 e. The maximum atomic E-state index is 11.9. The molecule has 0 aliphatic carbocycles. The van der Waals surface area contributed by atoms with Crippen LogP contribution in [0.1, 0.15) is 11.4 Å². The Bertz CT molecular complexity index is 407. The monoisotopic (exact) mass is 236 g/mol. The fourth-order valence-corrected chi connectivity index (χ4v) is 1.91. The predicted molar refractivity (Wildman–Crippen MR) is 61.2 cm³/mol. The Morgan fingerprint density at radius 1 is 1.47 bits per heavy atom. The lowest BCUT2D eigenvalue weighted by atomic mass is 10.2. The van der Waals surface area contributed by atoms with Crippen LogP contribution in [0.15, 0.2) is 6.07 Å². The number of carbonyl (C=O) groups excluding carboxylic acids is 2. The molecular formula is C11H16N4O2. The summed E-state index contributed by atoms with van der Waals surface area (Å²) in [7, 11) is 0. The van der Waals surface area contributed by atoms with Gasteiger partial charge in [0.2, 0.25) is 12.3 Å². The number of aromatic amines is 1. The van der Waals surface area contributed by atoms with Crippen molar-refractivity contribution < 1.29 is 9.59 Å². The lowest BCUT2D eigenvalue weighted by Crippen LogP contribution is -2.48. The van der Waals surface area contributed by atoms with Crippen molar-refractivity contribution in [1.29, 1.82) is 0 Å². The first-order chi connectivity index (χ1) is 8.19. The molecule has 92 valence electrons. The molecule has 0 spiro atoms. The fraction of sp³-hybridized carbons (Fsp3) is 0.545. The van der Waals surface area contributed by atoms with Gasteiger partial charge in [-0.15, -0.1) is 0 Å². The molecule has 1 aromatic rings. The van der Waals surface area contributed by atoms with Crippen molar-refractivity contribution in [2.24, 2.45) is 0 Å². The second-order valence-corrected chi connectivity index (χ2v) is 4.24. The molecule has 1 saturated heterocycles. The van der Waals surface area contributed by atoms with Crippen LogP contribution < -0.4 is 0 Å². The number of aromatic nitrogens is 2. The van der Waals surface area contributed by atoms with Gasteiger partial charge in [-0.05, 0) is 13.0 Å². The average Bonchev–Trinajstić information content (AvgIpc) is 2.75. The number of amides is 2. The summed E-state index contributed by atoms with van der Waals surface area (Å²) in [6, 6.07) is 1.87. The first kappa shape index (κ1) is 11.6. The van der Waals surface area contributed by atoms with Gasteiger partial charge in [0, 0.05) is 31.9 Å². The van der Waals surface area contributed by atoms with E-state index in [1.807, 2.05) is 13.0 Å². The third-order valence-corrected chi connectivity index (χ3v) is 2.91. The Labute approximate surface area is 99.6 Å². The van der Waals surface area contributed by atoms with Crippen molar-refractivity contribution in [2.75, 3.05) is 26.2 Å². The van der Waals surface area contributed by atoms with Crippen molar-refractivity contribution in [3.8, 4) is 0 Å². The van der Waals surface area contributed by atoms with Gasteiger partial charge >= 0.3 is 0 Å². The Morgan fingerprint density at radius 3 is 2.71 bits per heavy atom. The van der Waals surface area contributed by atoms with Crippen LogP contribution in [-0.4, -0.2) is 58.5 Å². The standard InChI is InChI=1S/C11H16N4O2/c1-9-6-10(13-12-9)7-11(17)15-4-2-14(8-16)3-5-15/h6,8H,2-5,7H2,1H3,(H,12,13). The molecule has 1 fully saturated rings. The van der Waals surface area contributed by atoms with E-state index in [0.717, 1.165) is 17.8 Å². The molecule has 0 aromatic carbocycles. The predicted octanol–water partition coefficient (Wildman–Crippen LogP) is -0.439. The molecule has 6 heteroatoms. The van der Waals surface area contributed by atoms with Gasteiger partial charge in [0.1, 0.15) is 0 Å². The first-order valence-corrected chi connectivity index (χ1v) is 5.67. The second-order valence-electron chi connectivity index (χ2n) is 4.24. The zero-order valence-electron chi connectivity index (χ0n) is 9.85. The Morgan fingerprint density at radius 2 is 2.18 bits per heavy atom. The first-order valence-electron chi connectivity index (χ1n) is 5.67. The summed E-state index contributed by atoms with van der Waals surface area (Å²) >= 11 is 0.